The monoisotopic (exact) mass is 600 g/mol. The minimum absolute atomic E-state index is 0.0431. The number of hydrogen-bond donors (Lipinski definition) is 0. The largest absolute Gasteiger partial charge is 0.488 e. The fourth-order valence-corrected chi connectivity index (χ4v) is 4.88. The molecule has 0 aromatic heterocycles. The molecule has 2 aliphatic rings. The summed E-state index contributed by atoms with van der Waals surface area (Å²) in [7, 11) is 0. The number of ether oxygens (including phenoxy) is 8. The Morgan fingerprint density at radius 2 is 1.42 bits per heavy atom. The van der Waals surface area contributed by atoms with Crippen molar-refractivity contribution in [3.8, 4) is 11.5 Å². The summed E-state index contributed by atoms with van der Waals surface area (Å²) in [6.45, 7) is 5.63. The second-order valence-electron chi connectivity index (χ2n) is 10.2. The molecule has 0 radical (unpaired) electrons. The van der Waals surface area contributed by atoms with Crippen molar-refractivity contribution >= 4 is 23.9 Å². The molecule has 2 aliphatic heterocycles. The minimum Gasteiger partial charge on any atom is -0.488 e. The van der Waals surface area contributed by atoms with E-state index < -0.39 is 54.6 Å². The first-order valence-corrected chi connectivity index (χ1v) is 14.0. The van der Waals surface area contributed by atoms with Crippen molar-refractivity contribution in [2.24, 2.45) is 0 Å². The molecule has 2 aromatic rings. The van der Waals surface area contributed by atoms with E-state index in [1.165, 1.54) is 13.8 Å². The lowest BCUT2D eigenvalue weighted by atomic mass is 9.98. The predicted octanol–water partition coefficient (Wildman–Crippen LogP) is 2.91. The van der Waals surface area contributed by atoms with Gasteiger partial charge in [-0.1, -0.05) is 30.3 Å². The SMILES string of the molecule is CC(=O)OC[C@H]1O[C@@H](Oc2ccccc2Cc2ccc(O[C@H]3CCOC3)cc2)[C@H](OC(C)=O)[C@@H](OC(C)=O)[C@@H]1OC(C)=O. The molecule has 4 rings (SSSR count). The van der Waals surface area contributed by atoms with Crippen LogP contribution in [0, 0.1) is 0 Å². The highest BCUT2D eigenvalue weighted by Gasteiger charge is 2.53. The zero-order valence-electron chi connectivity index (χ0n) is 24.5. The number of carbonyl (C=O) groups excluding carboxylic acids is 4. The molecule has 2 saturated heterocycles. The first-order valence-electron chi connectivity index (χ1n) is 14.0. The fraction of sp³-hybridized carbons (Fsp3) is 0.484. The van der Waals surface area contributed by atoms with E-state index >= 15 is 0 Å². The normalized spacial score (nSPS) is 24.8. The van der Waals surface area contributed by atoms with E-state index in [0.29, 0.717) is 25.4 Å². The van der Waals surface area contributed by atoms with Crippen LogP contribution in [0.3, 0.4) is 0 Å². The topological polar surface area (TPSA) is 142 Å². The van der Waals surface area contributed by atoms with Gasteiger partial charge in [0.1, 0.15) is 30.3 Å². The summed E-state index contributed by atoms with van der Waals surface area (Å²) in [5, 5.41) is 0. The smallest absolute Gasteiger partial charge is 0.303 e. The highest BCUT2D eigenvalue weighted by Crippen LogP contribution is 2.33. The van der Waals surface area contributed by atoms with Crippen LogP contribution in [0.25, 0.3) is 0 Å². The second kappa shape index (κ2) is 14.8. The fourth-order valence-electron chi connectivity index (χ4n) is 4.88. The summed E-state index contributed by atoms with van der Waals surface area (Å²) in [5.41, 5.74) is 1.76. The van der Waals surface area contributed by atoms with Crippen LogP contribution in [0.5, 0.6) is 11.5 Å². The molecule has 0 amide bonds. The van der Waals surface area contributed by atoms with Gasteiger partial charge < -0.3 is 37.9 Å². The lowest BCUT2D eigenvalue weighted by Crippen LogP contribution is -2.63. The van der Waals surface area contributed by atoms with Crippen LogP contribution in [-0.2, 0) is 54.0 Å². The molecule has 0 aliphatic carbocycles. The highest BCUT2D eigenvalue weighted by atomic mass is 16.7. The maximum atomic E-state index is 12.1. The van der Waals surface area contributed by atoms with Gasteiger partial charge in [-0.15, -0.1) is 0 Å². The average Bonchev–Trinajstić information content (AvgIpc) is 3.45. The van der Waals surface area contributed by atoms with Gasteiger partial charge in [0.05, 0.1) is 13.2 Å². The number of rotatable bonds is 11. The van der Waals surface area contributed by atoms with Crippen molar-refractivity contribution in [3.63, 3.8) is 0 Å². The summed E-state index contributed by atoms with van der Waals surface area (Å²) >= 11 is 0. The number of carbonyl (C=O) groups is 4. The molecule has 0 bridgehead atoms. The van der Waals surface area contributed by atoms with E-state index in [-0.39, 0.29) is 12.7 Å². The molecule has 12 nitrogen and oxygen atoms in total. The Morgan fingerprint density at radius 3 is 2.05 bits per heavy atom. The first-order chi connectivity index (χ1) is 20.6. The van der Waals surface area contributed by atoms with Gasteiger partial charge in [0, 0.05) is 40.5 Å². The summed E-state index contributed by atoms with van der Waals surface area (Å²) in [4.78, 5) is 47.8. The van der Waals surface area contributed by atoms with Crippen LogP contribution in [0.1, 0.15) is 45.2 Å². The molecule has 2 heterocycles. The average molecular weight is 601 g/mol. The third kappa shape index (κ3) is 9.16. The van der Waals surface area contributed by atoms with E-state index in [4.69, 9.17) is 37.9 Å². The van der Waals surface area contributed by atoms with Crippen molar-refractivity contribution in [1.82, 2.24) is 0 Å². The van der Waals surface area contributed by atoms with Crippen LogP contribution < -0.4 is 9.47 Å². The molecule has 2 fully saturated rings. The molecule has 232 valence electrons. The molecule has 6 atom stereocenters. The van der Waals surface area contributed by atoms with Crippen molar-refractivity contribution in [3.05, 3.63) is 59.7 Å². The number of esters is 4. The lowest BCUT2D eigenvalue weighted by molar-refractivity contribution is -0.288. The molecule has 0 unspecified atom stereocenters. The Labute approximate surface area is 249 Å². The Balaban J connectivity index is 1.59. The zero-order valence-corrected chi connectivity index (χ0v) is 24.5. The van der Waals surface area contributed by atoms with Crippen molar-refractivity contribution in [2.45, 2.75) is 77.3 Å². The summed E-state index contributed by atoms with van der Waals surface area (Å²) < 4.78 is 45.3. The van der Waals surface area contributed by atoms with Gasteiger partial charge in [0.25, 0.3) is 0 Å². The molecule has 0 spiro atoms. The first kappa shape index (κ1) is 31.8. The van der Waals surface area contributed by atoms with Crippen molar-refractivity contribution in [1.29, 1.82) is 0 Å². The molecule has 2 aromatic carbocycles. The molecular weight excluding hydrogens is 564 g/mol. The molecule has 43 heavy (non-hydrogen) atoms. The van der Waals surface area contributed by atoms with Gasteiger partial charge >= 0.3 is 23.9 Å². The minimum atomic E-state index is -1.33. The predicted molar refractivity (Wildman–Crippen MR) is 148 cm³/mol. The van der Waals surface area contributed by atoms with Gasteiger partial charge in [-0.25, -0.2) is 0 Å². The van der Waals surface area contributed by atoms with Crippen LogP contribution in [0.2, 0.25) is 0 Å². The summed E-state index contributed by atoms with van der Waals surface area (Å²) in [6, 6.07) is 14.9. The van der Waals surface area contributed by atoms with Gasteiger partial charge in [-0.05, 0) is 29.3 Å². The standard InChI is InChI=1S/C31H36O12/c1-18(32)37-17-27-28(38-19(2)33)29(39-20(3)34)30(40-21(4)35)31(43-27)42-26-8-6-5-7-23(26)15-22-9-11-24(12-10-22)41-25-13-14-36-16-25/h5-12,25,27-31H,13-17H2,1-4H3/t25-,27+,28+,29-,30+,31+/m0/s1. The van der Waals surface area contributed by atoms with Gasteiger partial charge in [-0.3, -0.25) is 19.2 Å². The summed E-state index contributed by atoms with van der Waals surface area (Å²) in [6.07, 6.45) is -4.98. The highest BCUT2D eigenvalue weighted by molar-refractivity contribution is 5.68. The van der Waals surface area contributed by atoms with E-state index in [0.717, 1.165) is 37.1 Å². The lowest BCUT2D eigenvalue weighted by Gasteiger charge is -2.44. The molecule has 0 saturated carbocycles. The number of benzene rings is 2. The van der Waals surface area contributed by atoms with Crippen molar-refractivity contribution in [2.75, 3.05) is 19.8 Å². The van der Waals surface area contributed by atoms with Crippen LogP contribution in [0.4, 0.5) is 0 Å². The van der Waals surface area contributed by atoms with Crippen LogP contribution >= 0.6 is 0 Å². The molecular formula is C31H36O12. The third-order valence-electron chi connectivity index (χ3n) is 6.67. The van der Waals surface area contributed by atoms with E-state index in [9.17, 15) is 19.2 Å². The Kier molecular flexibility index (Phi) is 11.0. The molecule has 12 heteroatoms. The Hall–Kier alpha value is -4.16. The Morgan fingerprint density at radius 1 is 0.767 bits per heavy atom. The zero-order chi connectivity index (χ0) is 30.9. The van der Waals surface area contributed by atoms with Gasteiger partial charge in [0.2, 0.25) is 12.4 Å². The van der Waals surface area contributed by atoms with E-state index in [2.05, 4.69) is 0 Å². The Bertz CT molecular complexity index is 1270. The maximum Gasteiger partial charge on any atom is 0.303 e. The van der Waals surface area contributed by atoms with Crippen molar-refractivity contribution < 1.29 is 57.1 Å². The quantitative estimate of drug-likeness (QED) is 0.276. The van der Waals surface area contributed by atoms with Gasteiger partial charge in [-0.2, -0.15) is 0 Å². The number of para-hydroxylation sites is 1. The number of hydrogen-bond acceptors (Lipinski definition) is 12. The van der Waals surface area contributed by atoms with E-state index in [1.807, 2.05) is 36.4 Å². The van der Waals surface area contributed by atoms with Crippen LogP contribution in [-0.4, -0.2) is 80.5 Å². The summed E-state index contributed by atoms with van der Waals surface area (Å²) in [5.74, 6) is -1.59. The second-order valence-corrected chi connectivity index (χ2v) is 10.2. The third-order valence-corrected chi connectivity index (χ3v) is 6.67. The maximum absolute atomic E-state index is 12.1. The van der Waals surface area contributed by atoms with E-state index in [1.54, 1.807) is 12.1 Å². The van der Waals surface area contributed by atoms with Gasteiger partial charge in [0.15, 0.2) is 12.2 Å². The molecule has 0 N–H and O–H groups in total. The van der Waals surface area contributed by atoms with Crippen LogP contribution in [0.15, 0.2) is 48.5 Å².